The number of nitrogens with zero attached hydrogens (tertiary/aromatic N) is 3. The lowest BCUT2D eigenvalue weighted by Crippen LogP contribution is -2.30. The van der Waals surface area contributed by atoms with Crippen LogP contribution in [0.2, 0.25) is 0 Å². The Balaban J connectivity index is 1.98. The molecule has 15 heavy (non-hydrogen) atoms. The van der Waals surface area contributed by atoms with Crippen LogP contribution in [-0.4, -0.2) is 43.6 Å². The molecule has 1 aliphatic heterocycles. The Morgan fingerprint density at radius 1 is 1.07 bits per heavy atom. The van der Waals surface area contributed by atoms with Crippen molar-refractivity contribution in [2.75, 3.05) is 32.7 Å². The van der Waals surface area contributed by atoms with Gasteiger partial charge in [-0.05, 0) is 45.3 Å². The molecule has 0 bridgehead atoms. The van der Waals surface area contributed by atoms with Gasteiger partial charge in [-0.3, -0.25) is 0 Å². The highest BCUT2D eigenvalue weighted by Crippen LogP contribution is 2.08. The maximum atomic E-state index is 4.15. The van der Waals surface area contributed by atoms with Crippen LogP contribution in [0.25, 0.3) is 0 Å². The summed E-state index contributed by atoms with van der Waals surface area (Å²) in [6.45, 7) is 7.61. The van der Waals surface area contributed by atoms with Crippen LogP contribution in [-0.2, 0) is 0 Å². The average molecular weight is 209 g/mol. The summed E-state index contributed by atoms with van der Waals surface area (Å²) in [5.41, 5.74) is 0. The quantitative estimate of drug-likeness (QED) is 0.488. The Hall–Kier alpha value is -0.660. The number of hydrogen-bond acceptors (Lipinski definition) is 3. The second-order valence-corrected chi connectivity index (χ2v) is 4.12. The molecule has 0 saturated carbocycles. The lowest BCUT2D eigenvalue weighted by molar-refractivity contribution is 0.228. The zero-order chi connectivity index (χ0) is 10.8. The zero-order valence-corrected chi connectivity index (χ0v) is 9.91. The molecule has 3 heteroatoms. The zero-order valence-electron chi connectivity index (χ0n) is 9.91. The van der Waals surface area contributed by atoms with Crippen molar-refractivity contribution in [1.29, 1.82) is 0 Å². The van der Waals surface area contributed by atoms with Gasteiger partial charge in [-0.15, -0.1) is 0 Å². The van der Waals surface area contributed by atoms with Gasteiger partial charge in [-0.2, -0.15) is 0 Å². The van der Waals surface area contributed by atoms with Gasteiger partial charge in [-0.1, -0.05) is 13.3 Å². The summed E-state index contributed by atoms with van der Waals surface area (Å²) in [5, 5.41) is 0. The first kappa shape index (κ1) is 12.4. The van der Waals surface area contributed by atoms with Gasteiger partial charge in [0, 0.05) is 6.54 Å². The maximum Gasteiger partial charge on any atom is 0.0892 e. The van der Waals surface area contributed by atoms with E-state index in [4.69, 9.17) is 0 Å². The van der Waals surface area contributed by atoms with Crippen LogP contribution < -0.4 is 0 Å². The summed E-state index contributed by atoms with van der Waals surface area (Å²) < 4.78 is 0. The summed E-state index contributed by atoms with van der Waals surface area (Å²) in [6.07, 6.45) is 6.39. The van der Waals surface area contributed by atoms with Crippen LogP contribution in [0.3, 0.4) is 0 Å². The van der Waals surface area contributed by atoms with Gasteiger partial charge in [-0.25, -0.2) is 9.98 Å². The standard InChI is InChI=1S/C12H23N3/c1-2-7-13-12-14-8-6-11-15-9-4-3-5-10-15/h2-11H2,1H3. The fourth-order valence-corrected chi connectivity index (χ4v) is 1.82. The summed E-state index contributed by atoms with van der Waals surface area (Å²) in [4.78, 5) is 10.7. The minimum atomic E-state index is 0.857. The highest BCUT2D eigenvalue weighted by Gasteiger charge is 2.08. The van der Waals surface area contributed by atoms with Crippen LogP contribution in [0.1, 0.15) is 39.0 Å². The van der Waals surface area contributed by atoms with Gasteiger partial charge < -0.3 is 4.90 Å². The van der Waals surface area contributed by atoms with Crippen LogP contribution in [0.4, 0.5) is 0 Å². The topological polar surface area (TPSA) is 28.0 Å². The SMILES string of the molecule is CCCN=C=NCCCN1CCCCC1. The summed E-state index contributed by atoms with van der Waals surface area (Å²) in [5.74, 6) is 0. The first-order valence-corrected chi connectivity index (χ1v) is 6.24. The van der Waals surface area contributed by atoms with Crippen molar-refractivity contribution in [2.24, 2.45) is 9.98 Å². The van der Waals surface area contributed by atoms with E-state index in [2.05, 4.69) is 27.8 Å². The molecule has 1 aliphatic rings. The lowest BCUT2D eigenvalue weighted by Gasteiger charge is -2.25. The third-order valence-electron chi connectivity index (χ3n) is 2.67. The van der Waals surface area contributed by atoms with Gasteiger partial charge in [0.1, 0.15) is 0 Å². The van der Waals surface area contributed by atoms with Gasteiger partial charge >= 0.3 is 0 Å². The van der Waals surface area contributed by atoms with Crippen molar-refractivity contribution in [1.82, 2.24) is 4.90 Å². The molecule has 1 fully saturated rings. The fraction of sp³-hybridized carbons (Fsp3) is 0.917. The van der Waals surface area contributed by atoms with E-state index in [0.717, 1.165) is 25.9 Å². The van der Waals surface area contributed by atoms with Crippen molar-refractivity contribution in [2.45, 2.75) is 39.0 Å². The molecular formula is C12H23N3. The molecule has 0 aromatic rings. The number of rotatable bonds is 6. The van der Waals surface area contributed by atoms with Crippen molar-refractivity contribution in [3.8, 4) is 0 Å². The molecule has 0 radical (unpaired) electrons. The van der Waals surface area contributed by atoms with Crippen molar-refractivity contribution >= 4 is 6.01 Å². The van der Waals surface area contributed by atoms with Crippen molar-refractivity contribution < 1.29 is 0 Å². The number of piperidine rings is 1. The Morgan fingerprint density at radius 3 is 2.53 bits per heavy atom. The third kappa shape index (κ3) is 6.43. The van der Waals surface area contributed by atoms with E-state index < -0.39 is 0 Å². The predicted molar refractivity (Wildman–Crippen MR) is 64.8 cm³/mol. The van der Waals surface area contributed by atoms with Gasteiger partial charge in [0.05, 0.1) is 12.6 Å². The minimum absolute atomic E-state index is 0.857. The molecule has 0 aromatic carbocycles. The van der Waals surface area contributed by atoms with Gasteiger partial charge in [0.15, 0.2) is 0 Å². The molecule has 0 unspecified atom stereocenters. The lowest BCUT2D eigenvalue weighted by atomic mass is 10.1. The monoisotopic (exact) mass is 209 g/mol. The van der Waals surface area contributed by atoms with E-state index in [9.17, 15) is 0 Å². The largest absolute Gasteiger partial charge is 0.303 e. The molecule has 0 aliphatic carbocycles. The summed E-state index contributed by atoms with van der Waals surface area (Å²) in [7, 11) is 0. The molecular weight excluding hydrogens is 186 g/mol. The van der Waals surface area contributed by atoms with E-state index >= 15 is 0 Å². The molecule has 3 nitrogen and oxygen atoms in total. The molecule has 0 amide bonds. The molecule has 0 N–H and O–H groups in total. The predicted octanol–water partition coefficient (Wildman–Crippen LogP) is 2.45. The molecule has 86 valence electrons. The Labute approximate surface area is 93.3 Å². The first-order chi connectivity index (χ1) is 7.43. The Kier molecular flexibility index (Phi) is 7.14. The maximum absolute atomic E-state index is 4.15. The number of aliphatic imine (C=N–C) groups is 2. The molecule has 1 heterocycles. The smallest absolute Gasteiger partial charge is 0.0892 e. The Bertz CT molecular complexity index is 201. The van der Waals surface area contributed by atoms with Crippen LogP contribution >= 0.6 is 0 Å². The minimum Gasteiger partial charge on any atom is -0.303 e. The van der Waals surface area contributed by atoms with E-state index in [1.807, 2.05) is 0 Å². The first-order valence-electron chi connectivity index (χ1n) is 6.24. The van der Waals surface area contributed by atoms with E-state index in [-0.39, 0.29) is 0 Å². The molecule has 0 aromatic heterocycles. The van der Waals surface area contributed by atoms with Crippen LogP contribution in [0.5, 0.6) is 0 Å². The normalized spacial score (nSPS) is 17.1. The molecule has 0 spiro atoms. The molecule has 1 rings (SSSR count). The van der Waals surface area contributed by atoms with E-state index in [1.165, 1.54) is 38.9 Å². The molecule has 0 atom stereocenters. The number of hydrogen-bond donors (Lipinski definition) is 0. The van der Waals surface area contributed by atoms with Crippen molar-refractivity contribution in [3.05, 3.63) is 0 Å². The van der Waals surface area contributed by atoms with E-state index in [1.54, 1.807) is 0 Å². The van der Waals surface area contributed by atoms with Crippen LogP contribution in [0.15, 0.2) is 9.98 Å². The second kappa shape index (κ2) is 8.63. The Morgan fingerprint density at radius 2 is 1.80 bits per heavy atom. The second-order valence-electron chi connectivity index (χ2n) is 4.12. The van der Waals surface area contributed by atoms with Gasteiger partial charge in [0.2, 0.25) is 0 Å². The van der Waals surface area contributed by atoms with Gasteiger partial charge in [0.25, 0.3) is 0 Å². The van der Waals surface area contributed by atoms with E-state index in [0.29, 0.717) is 0 Å². The average Bonchev–Trinajstić information content (AvgIpc) is 2.29. The highest BCUT2D eigenvalue weighted by molar-refractivity contribution is 5.40. The summed E-state index contributed by atoms with van der Waals surface area (Å²) in [6, 6.07) is 2.76. The molecule has 1 saturated heterocycles. The number of likely N-dealkylation sites (tertiary alicyclic amines) is 1. The van der Waals surface area contributed by atoms with Crippen LogP contribution in [0, 0.1) is 0 Å². The fourth-order valence-electron chi connectivity index (χ4n) is 1.82. The third-order valence-corrected chi connectivity index (χ3v) is 2.67. The van der Waals surface area contributed by atoms with Crippen molar-refractivity contribution in [3.63, 3.8) is 0 Å². The summed E-state index contributed by atoms with van der Waals surface area (Å²) >= 11 is 0. The highest BCUT2D eigenvalue weighted by atomic mass is 15.1.